The van der Waals surface area contributed by atoms with E-state index in [-0.39, 0.29) is 12.4 Å². The van der Waals surface area contributed by atoms with Gasteiger partial charge in [-0.25, -0.2) is 4.39 Å². The number of nitrogens with one attached hydrogen (secondary N) is 1. The van der Waals surface area contributed by atoms with Crippen LogP contribution in [0.2, 0.25) is 10.0 Å². The molecule has 0 radical (unpaired) electrons. The van der Waals surface area contributed by atoms with Crippen LogP contribution >= 0.6 is 23.2 Å². The van der Waals surface area contributed by atoms with Crippen molar-refractivity contribution in [2.45, 2.75) is 27.0 Å². The molecule has 0 aliphatic heterocycles. The topological polar surface area (TPSA) is 21.3 Å². The molecule has 27 heavy (non-hydrogen) atoms. The number of anilines is 1. The summed E-state index contributed by atoms with van der Waals surface area (Å²) in [6.45, 7) is 5.00. The van der Waals surface area contributed by atoms with Gasteiger partial charge in [0, 0.05) is 12.2 Å². The van der Waals surface area contributed by atoms with Crippen molar-refractivity contribution in [3.05, 3.63) is 92.7 Å². The molecule has 0 aliphatic carbocycles. The maximum atomic E-state index is 13.0. The van der Waals surface area contributed by atoms with Gasteiger partial charge in [0.15, 0.2) is 5.75 Å². The van der Waals surface area contributed by atoms with Gasteiger partial charge in [-0.1, -0.05) is 53.0 Å². The van der Waals surface area contributed by atoms with Crippen molar-refractivity contribution in [1.29, 1.82) is 0 Å². The van der Waals surface area contributed by atoms with Crippen molar-refractivity contribution < 1.29 is 9.13 Å². The lowest BCUT2D eigenvalue weighted by Crippen LogP contribution is -2.02. The van der Waals surface area contributed by atoms with Gasteiger partial charge in [-0.3, -0.25) is 0 Å². The minimum absolute atomic E-state index is 0.264. The van der Waals surface area contributed by atoms with Crippen molar-refractivity contribution in [3.8, 4) is 5.75 Å². The third-order valence-electron chi connectivity index (χ3n) is 4.22. The van der Waals surface area contributed by atoms with Gasteiger partial charge in [0.1, 0.15) is 12.4 Å². The van der Waals surface area contributed by atoms with Crippen LogP contribution in [0.15, 0.2) is 54.6 Å². The van der Waals surface area contributed by atoms with Gasteiger partial charge in [0.25, 0.3) is 0 Å². The first kappa shape index (κ1) is 19.5. The van der Waals surface area contributed by atoms with Crippen molar-refractivity contribution in [2.75, 3.05) is 5.32 Å². The fraction of sp³-hybridized carbons (Fsp3) is 0.182. The van der Waals surface area contributed by atoms with E-state index in [0.717, 1.165) is 16.8 Å². The van der Waals surface area contributed by atoms with Crippen LogP contribution in [0, 0.1) is 19.7 Å². The number of rotatable bonds is 6. The lowest BCUT2D eigenvalue weighted by atomic mass is 10.1. The smallest absolute Gasteiger partial charge is 0.156 e. The number of hydrogen-bond donors (Lipinski definition) is 1. The molecule has 3 aromatic rings. The molecule has 0 aliphatic rings. The molecular formula is C22H20Cl2FNO. The molecule has 0 spiro atoms. The van der Waals surface area contributed by atoms with Gasteiger partial charge in [0.05, 0.1) is 10.0 Å². The van der Waals surface area contributed by atoms with Crippen LogP contribution < -0.4 is 10.1 Å². The van der Waals surface area contributed by atoms with E-state index in [1.807, 2.05) is 12.1 Å². The van der Waals surface area contributed by atoms with E-state index in [4.69, 9.17) is 27.9 Å². The molecule has 0 fully saturated rings. The van der Waals surface area contributed by atoms with E-state index in [1.54, 1.807) is 12.1 Å². The molecule has 0 saturated carbocycles. The fourth-order valence-electron chi connectivity index (χ4n) is 2.80. The van der Waals surface area contributed by atoms with Crippen LogP contribution in [0.4, 0.5) is 10.1 Å². The first-order valence-electron chi connectivity index (χ1n) is 8.58. The Balaban J connectivity index is 1.67. The Kier molecular flexibility index (Phi) is 6.25. The number of ether oxygens (including phenoxy) is 1. The monoisotopic (exact) mass is 403 g/mol. The van der Waals surface area contributed by atoms with Crippen molar-refractivity contribution in [2.24, 2.45) is 0 Å². The molecule has 0 saturated heterocycles. The molecule has 1 N–H and O–H groups in total. The van der Waals surface area contributed by atoms with Gasteiger partial charge < -0.3 is 10.1 Å². The highest BCUT2D eigenvalue weighted by Gasteiger charge is 2.11. The summed E-state index contributed by atoms with van der Waals surface area (Å²) in [5.41, 5.74) is 5.28. The average Bonchev–Trinajstić information content (AvgIpc) is 2.62. The van der Waals surface area contributed by atoms with E-state index < -0.39 is 0 Å². The second kappa shape index (κ2) is 8.64. The Labute approximate surface area is 168 Å². The second-order valence-corrected chi connectivity index (χ2v) is 7.29. The lowest BCUT2D eigenvalue weighted by Gasteiger charge is -2.14. The SMILES string of the molecule is Cc1ccc(NCc2cc(Cl)c(OCc3ccc(F)cc3)c(Cl)c2)c(C)c1. The summed E-state index contributed by atoms with van der Waals surface area (Å²) >= 11 is 12.7. The summed E-state index contributed by atoms with van der Waals surface area (Å²) in [7, 11) is 0. The van der Waals surface area contributed by atoms with Gasteiger partial charge >= 0.3 is 0 Å². The van der Waals surface area contributed by atoms with Crippen molar-refractivity contribution in [3.63, 3.8) is 0 Å². The summed E-state index contributed by atoms with van der Waals surface area (Å²) in [4.78, 5) is 0. The molecule has 0 amide bonds. The summed E-state index contributed by atoms with van der Waals surface area (Å²) in [5.74, 6) is 0.147. The predicted molar refractivity (Wildman–Crippen MR) is 110 cm³/mol. The number of hydrogen-bond acceptors (Lipinski definition) is 2. The number of benzene rings is 3. The lowest BCUT2D eigenvalue weighted by molar-refractivity contribution is 0.306. The molecule has 3 aromatic carbocycles. The van der Waals surface area contributed by atoms with Crippen LogP contribution in [0.5, 0.6) is 5.75 Å². The third-order valence-corrected chi connectivity index (χ3v) is 4.78. The quantitative estimate of drug-likeness (QED) is 0.481. The zero-order valence-corrected chi connectivity index (χ0v) is 16.7. The van der Waals surface area contributed by atoms with Crippen LogP contribution in [0.3, 0.4) is 0 Å². The minimum atomic E-state index is -0.282. The number of aryl methyl sites for hydroxylation is 2. The molecule has 0 atom stereocenters. The molecule has 0 heterocycles. The first-order chi connectivity index (χ1) is 12.9. The molecule has 5 heteroatoms. The second-order valence-electron chi connectivity index (χ2n) is 6.48. The molecule has 0 aromatic heterocycles. The highest BCUT2D eigenvalue weighted by Crippen LogP contribution is 2.35. The molecular weight excluding hydrogens is 384 g/mol. The summed E-state index contributed by atoms with van der Waals surface area (Å²) in [6, 6.07) is 16.1. The molecule has 2 nitrogen and oxygen atoms in total. The maximum Gasteiger partial charge on any atom is 0.156 e. The normalized spacial score (nSPS) is 10.7. The third kappa shape index (κ3) is 5.15. The highest BCUT2D eigenvalue weighted by molar-refractivity contribution is 6.37. The van der Waals surface area contributed by atoms with Crippen LogP contribution in [-0.2, 0) is 13.2 Å². The molecule has 0 bridgehead atoms. The predicted octanol–water partition coefficient (Wildman–Crippen LogP) is 6.94. The Bertz CT molecular complexity index is 919. The van der Waals surface area contributed by atoms with Gasteiger partial charge in [-0.05, 0) is 60.9 Å². The zero-order valence-electron chi connectivity index (χ0n) is 15.2. The van der Waals surface area contributed by atoms with Crippen molar-refractivity contribution >= 4 is 28.9 Å². The van der Waals surface area contributed by atoms with Gasteiger partial charge in [-0.15, -0.1) is 0 Å². The average molecular weight is 404 g/mol. The van der Waals surface area contributed by atoms with Crippen LogP contribution in [0.1, 0.15) is 22.3 Å². The summed E-state index contributed by atoms with van der Waals surface area (Å²) in [5, 5.41) is 4.29. The van der Waals surface area contributed by atoms with E-state index in [9.17, 15) is 4.39 Å². The fourth-order valence-corrected chi connectivity index (χ4v) is 3.44. The maximum absolute atomic E-state index is 13.0. The van der Waals surface area contributed by atoms with Gasteiger partial charge in [0.2, 0.25) is 0 Å². The molecule has 3 rings (SSSR count). The Hall–Kier alpha value is -2.23. The van der Waals surface area contributed by atoms with Crippen LogP contribution in [0.25, 0.3) is 0 Å². The van der Waals surface area contributed by atoms with Crippen molar-refractivity contribution in [1.82, 2.24) is 0 Å². The van der Waals surface area contributed by atoms with E-state index in [0.29, 0.717) is 22.3 Å². The van der Waals surface area contributed by atoms with E-state index >= 15 is 0 Å². The number of halogens is 3. The minimum Gasteiger partial charge on any atom is -0.486 e. The molecule has 0 unspecified atom stereocenters. The highest BCUT2D eigenvalue weighted by atomic mass is 35.5. The zero-order chi connectivity index (χ0) is 19.4. The van der Waals surface area contributed by atoms with Crippen LogP contribution in [-0.4, -0.2) is 0 Å². The Morgan fingerprint density at radius 3 is 2.19 bits per heavy atom. The Morgan fingerprint density at radius 2 is 1.56 bits per heavy atom. The summed E-state index contributed by atoms with van der Waals surface area (Å²) < 4.78 is 18.7. The Morgan fingerprint density at radius 1 is 0.889 bits per heavy atom. The van der Waals surface area contributed by atoms with Gasteiger partial charge in [-0.2, -0.15) is 0 Å². The summed E-state index contributed by atoms with van der Waals surface area (Å²) in [6.07, 6.45) is 0. The largest absolute Gasteiger partial charge is 0.486 e. The van der Waals surface area contributed by atoms with E-state index in [2.05, 4.69) is 37.4 Å². The van der Waals surface area contributed by atoms with E-state index in [1.165, 1.54) is 23.3 Å². The first-order valence-corrected chi connectivity index (χ1v) is 9.34. The molecule has 140 valence electrons. The standard InChI is InChI=1S/C22H20Cl2FNO/c1-14-3-8-21(15(2)9-14)26-12-17-10-19(23)22(20(24)11-17)27-13-16-4-6-18(25)7-5-16/h3-11,26H,12-13H2,1-2H3.